The fourth-order valence-electron chi connectivity index (χ4n) is 4.34. The number of ether oxygens (including phenoxy) is 5. The van der Waals surface area contributed by atoms with Gasteiger partial charge in [-0.3, -0.25) is 9.36 Å². The first kappa shape index (κ1) is 29.7. The van der Waals surface area contributed by atoms with Crippen molar-refractivity contribution in [1.82, 2.24) is 4.57 Å². The Morgan fingerprint density at radius 3 is 2.48 bits per heavy atom. The summed E-state index contributed by atoms with van der Waals surface area (Å²) in [7, 11) is 2.88. The molecule has 212 valence electrons. The number of hydrogen-bond acceptors (Lipinski definition) is 9. The normalized spacial score (nSPS) is 14.8. The molecule has 9 nitrogen and oxygen atoms in total. The number of nitrogens with zero attached hydrogens (tertiary/aromatic N) is 2. The number of carbonyl (C=O) groups is 1. The Morgan fingerprint density at radius 1 is 1.10 bits per heavy atom. The van der Waals surface area contributed by atoms with Gasteiger partial charge in [0, 0.05) is 15.3 Å². The third-order valence-corrected chi connectivity index (χ3v) is 7.54. The Bertz CT molecular complexity index is 1620. The van der Waals surface area contributed by atoms with Crippen LogP contribution in [0.3, 0.4) is 0 Å². The number of aromatic nitrogens is 1. The molecule has 1 aliphatic heterocycles. The van der Waals surface area contributed by atoms with Crippen molar-refractivity contribution in [2.75, 3.05) is 27.4 Å². The van der Waals surface area contributed by atoms with Gasteiger partial charge >= 0.3 is 5.97 Å². The maximum atomic E-state index is 14.0. The molecule has 0 amide bonds. The number of benzene rings is 2. The molecule has 2 heterocycles. The molecule has 1 atom stereocenters. The second-order valence-corrected chi connectivity index (χ2v) is 11.2. The minimum Gasteiger partial charge on any atom is -0.493 e. The van der Waals surface area contributed by atoms with Gasteiger partial charge in [0.2, 0.25) is 0 Å². The highest BCUT2D eigenvalue weighted by Crippen LogP contribution is 2.36. The smallest absolute Gasteiger partial charge is 0.337 e. The lowest BCUT2D eigenvalue weighted by atomic mass is 9.97. The number of fused-ring (bicyclic) bond motifs is 1. The number of hydrogen-bond donors (Lipinski definition) is 0. The van der Waals surface area contributed by atoms with E-state index in [1.165, 1.54) is 29.2 Å². The molecule has 0 aliphatic carbocycles. The van der Waals surface area contributed by atoms with Crippen molar-refractivity contribution in [2.24, 2.45) is 4.99 Å². The lowest BCUT2D eigenvalue weighted by Crippen LogP contribution is -2.39. The number of esters is 1. The first-order valence-corrected chi connectivity index (χ1v) is 14.6. The fraction of sp³-hybridized carbons (Fsp3) is 0.345. The van der Waals surface area contributed by atoms with E-state index in [4.69, 9.17) is 23.7 Å². The van der Waals surface area contributed by atoms with Crippen LogP contribution in [0.2, 0.25) is 0 Å². The molecule has 2 aromatic carbocycles. The zero-order valence-corrected chi connectivity index (χ0v) is 26.1. The molecule has 0 N–H and O–H groups in total. The van der Waals surface area contributed by atoms with Crippen molar-refractivity contribution in [3.63, 3.8) is 0 Å². The molecule has 40 heavy (non-hydrogen) atoms. The van der Waals surface area contributed by atoms with Crippen LogP contribution in [0.1, 0.15) is 44.9 Å². The monoisotopic (exact) mass is 678 g/mol. The average Bonchev–Trinajstić information content (AvgIpc) is 3.24. The van der Waals surface area contributed by atoms with Crippen LogP contribution in [0.4, 0.5) is 0 Å². The average molecular weight is 679 g/mol. The third-order valence-electron chi connectivity index (χ3n) is 5.92. The zero-order chi connectivity index (χ0) is 29.0. The summed E-state index contributed by atoms with van der Waals surface area (Å²) in [5, 5.41) is 0. The highest BCUT2D eigenvalue weighted by atomic mass is 127. The van der Waals surface area contributed by atoms with Crippen molar-refractivity contribution < 1.29 is 28.5 Å². The molecule has 1 aromatic heterocycles. The van der Waals surface area contributed by atoms with Gasteiger partial charge in [0.25, 0.3) is 5.56 Å². The van der Waals surface area contributed by atoms with Gasteiger partial charge in [0.1, 0.15) is 0 Å². The quantitative estimate of drug-likeness (QED) is 0.234. The van der Waals surface area contributed by atoms with Crippen LogP contribution in [0.25, 0.3) is 6.08 Å². The summed E-state index contributed by atoms with van der Waals surface area (Å²) in [6.07, 6.45) is 3.13. The van der Waals surface area contributed by atoms with E-state index in [1.807, 2.05) is 45.9 Å². The molecule has 0 saturated heterocycles. The van der Waals surface area contributed by atoms with Gasteiger partial charge in [-0.15, -0.1) is 0 Å². The Balaban J connectivity index is 1.94. The van der Waals surface area contributed by atoms with E-state index < -0.39 is 12.0 Å². The van der Waals surface area contributed by atoms with E-state index in [0.29, 0.717) is 56.7 Å². The standard InChI is InChI=1S/C29H31IN2O7S/c1-7-37-21-10-9-17(12-22(21)38-8-2)25-20(28(34)36-6)15-31-29-32(25)27(33)24(40-29)13-18-11-19(30)14-23(35-5)26(18)39-16(3)4/h9-16,25H,7-8H2,1-6H3/b24-13+/t25-/m1/s1. The van der Waals surface area contributed by atoms with Crippen molar-refractivity contribution >= 4 is 46.0 Å². The van der Waals surface area contributed by atoms with Gasteiger partial charge in [-0.25, -0.2) is 9.79 Å². The number of methoxy groups -OCH3 is 2. The van der Waals surface area contributed by atoms with Crippen LogP contribution in [0.5, 0.6) is 23.0 Å². The van der Waals surface area contributed by atoms with E-state index in [9.17, 15) is 9.59 Å². The number of rotatable bonds is 10. The highest BCUT2D eigenvalue weighted by Gasteiger charge is 2.31. The molecule has 0 fully saturated rings. The lowest BCUT2D eigenvalue weighted by molar-refractivity contribution is -0.136. The van der Waals surface area contributed by atoms with E-state index in [0.717, 1.165) is 3.57 Å². The van der Waals surface area contributed by atoms with Gasteiger partial charge in [0.05, 0.1) is 49.7 Å². The number of carbonyl (C=O) groups excluding carboxylic acids is 1. The Morgan fingerprint density at radius 2 is 1.82 bits per heavy atom. The second kappa shape index (κ2) is 12.9. The van der Waals surface area contributed by atoms with Gasteiger partial charge in [0.15, 0.2) is 27.8 Å². The molecular weight excluding hydrogens is 647 g/mol. The van der Waals surface area contributed by atoms with Crippen molar-refractivity contribution in [3.05, 3.63) is 76.5 Å². The minimum atomic E-state index is -0.780. The Labute approximate surface area is 249 Å². The van der Waals surface area contributed by atoms with Gasteiger partial charge in [-0.05, 0) is 86.2 Å². The fourth-order valence-corrected chi connectivity index (χ4v) is 5.92. The Hall–Kier alpha value is -3.32. The summed E-state index contributed by atoms with van der Waals surface area (Å²) >= 11 is 3.43. The van der Waals surface area contributed by atoms with Crippen molar-refractivity contribution in [3.8, 4) is 23.0 Å². The predicted molar refractivity (Wildman–Crippen MR) is 161 cm³/mol. The SMILES string of the molecule is CCOc1ccc([C@@H]2C(C(=O)OC)=CN=c3s/c(=C/c4cc(I)cc(OC)c4OC(C)C)c(=O)n32)cc1OCC. The molecule has 11 heteroatoms. The first-order chi connectivity index (χ1) is 19.2. The van der Waals surface area contributed by atoms with Gasteiger partial charge in [-0.2, -0.15) is 0 Å². The molecular formula is C29H31IN2O7S. The summed E-state index contributed by atoms with van der Waals surface area (Å²) in [5.41, 5.74) is 1.29. The van der Waals surface area contributed by atoms with Gasteiger partial charge < -0.3 is 23.7 Å². The molecule has 0 saturated carbocycles. The summed E-state index contributed by atoms with van der Waals surface area (Å²) in [4.78, 5) is 31.7. The zero-order valence-electron chi connectivity index (χ0n) is 23.1. The lowest BCUT2D eigenvalue weighted by Gasteiger charge is -2.23. The molecule has 0 unspecified atom stereocenters. The van der Waals surface area contributed by atoms with E-state index in [2.05, 4.69) is 27.6 Å². The van der Waals surface area contributed by atoms with Crippen LogP contribution in [-0.4, -0.2) is 44.1 Å². The second-order valence-electron chi connectivity index (χ2n) is 8.94. The molecule has 0 bridgehead atoms. The molecule has 0 spiro atoms. The Kier molecular flexibility index (Phi) is 9.56. The molecule has 1 aliphatic rings. The van der Waals surface area contributed by atoms with Crippen molar-refractivity contribution in [1.29, 1.82) is 0 Å². The van der Waals surface area contributed by atoms with Crippen molar-refractivity contribution in [2.45, 2.75) is 39.8 Å². The van der Waals surface area contributed by atoms with E-state index >= 15 is 0 Å². The molecule has 3 aromatic rings. The summed E-state index contributed by atoms with van der Waals surface area (Å²) in [6, 6.07) is 8.41. The van der Waals surface area contributed by atoms with Crippen LogP contribution >= 0.6 is 33.9 Å². The third kappa shape index (κ3) is 6.04. The van der Waals surface area contributed by atoms with E-state index in [-0.39, 0.29) is 17.2 Å². The summed E-state index contributed by atoms with van der Waals surface area (Å²) in [6.45, 7) is 8.51. The van der Waals surface area contributed by atoms with Crippen LogP contribution in [0.15, 0.2) is 51.9 Å². The maximum Gasteiger partial charge on any atom is 0.337 e. The number of thiazole rings is 1. The summed E-state index contributed by atoms with van der Waals surface area (Å²) < 4.78 is 31.1. The van der Waals surface area contributed by atoms with Crippen LogP contribution in [0, 0.1) is 3.57 Å². The maximum absolute atomic E-state index is 14.0. The first-order valence-electron chi connectivity index (χ1n) is 12.7. The van der Waals surface area contributed by atoms with Gasteiger partial charge in [-0.1, -0.05) is 17.4 Å². The summed E-state index contributed by atoms with van der Waals surface area (Å²) in [5.74, 6) is 1.64. The largest absolute Gasteiger partial charge is 0.493 e. The number of halogens is 1. The van der Waals surface area contributed by atoms with Crippen LogP contribution < -0.4 is 33.8 Å². The minimum absolute atomic E-state index is 0.107. The topological polar surface area (TPSA) is 97.6 Å². The highest BCUT2D eigenvalue weighted by molar-refractivity contribution is 14.1. The molecule has 4 rings (SSSR count). The molecule has 0 radical (unpaired) electrons. The van der Waals surface area contributed by atoms with E-state index in [1.54, 1.807) is 25.3 Å². The predicted octanol–water partition coefficient (Wildman–Crippen LogP) is 4.22. The van der Waals surface area contributed by atoms with Crippen LogP contribution in [-0.2, 0) is 9.53 Å².